The van der Waals surface area contributed by atoms with Crippen molar-refractivity contribution >= 4 is 41.1 Å². The fourth-order valence-corrected chi connectivity index (χ4v) is 2.83. The van der Waals surface area contributed by atoms with Crippen LogP contribution in [0.5, 0.6) is 0 Å². The van der Waals surface area contributed by atoms with E-state index in [4.69, 9.17) is 16.7 Å². The molecular weight excluding hydrogens is 364 g/mol. The van der Waals surface area contributed by atoms with Crippen molar-refractivity contribution < 1.29 is 19.5 Å². The normalized spacial score (nSPS) is 12.9. The van der Waals surface area contributed by atoms with Gasteiger partial charge in [0.25, 0.3) is 5.91 Å². The number of carboxylic acids is 1. The zero-order valence-corrected chi connectivity index (χ0v) is 15.8. The Balaban J connectivity index is 2.72. The molecule has 8 heteroatoms. The molecule has 2 atom stereocenters. The van der Waals surface area contributed by atoms with Gasteiger partial charge >= 0.3 is 5.97 Å². The fourth-order valence-electron chi connectivity index (χ4n) is 2.14. The summed E-state index contributed by atoms with van der Waals surface area (Å²) in [5.74, 6) is -0.950. The number of aliphatic carboxylic acids is 1. The molecule has 0 aromatic heterocycles. The van der Waals surface area contributed by atoms with Gasteiger partial charge in [0.1, 0.15) is 6.04 Å². The number of thioether (sulfide) groups is 1. The summed E-state index contributed by atoms with van der Waals surface area (Å²) in [6.07, 6.45) is 2.69. The SMILES string of the molecule is CSCCC(NC(=O)c1ccccc1Cl)C(=O)NC(C)CCC(=O)O. The molecule has 1 aromatic rings. The van der Waals surface area contributed by atoms with Gasteiger partial charge in [0.15, 0.2) is 0 Å². The summed E-state index contributed by atoms with van der Waals surface area (Å²) in [5.41, 5.74) is 0.310. The number of benzene rings is 1. The highest BCUT2D eigenvalue weighted by molar-refractivity contribution is 7.98. The first-order valence-electron chi connectivity index (χ1n) is 7.91. The monoisotopic (exact) mass is 386 g/mol. The van der Waals surface area contributed by atoms with Gasteiger partial charge in [-0.1, -0.05) is 23.7 Å². The molecule has 1 aromatic carbocycles. The Morgan fingerprint density at radius 3 is 2.48 bits per heavy atom. The van der Waals surface area contributed by atoms with E-state index in [1.165, 1.54) is 0 Å². The Morgan fingerprint density at radius 2 is 1.88 bits per heavy atom. The maximum absolute atomic E-state index is 12.4. The number of hydrogen-bond donors (Lipinski definition) is 3. The summed E-state index contributed by atoms with van der Waals surface area (Å²) in [6.45, 7) is 1.74. The van der Waals surface area contributed by atoms with Crippen LogP contribution < -0.4 is 10.6 Å². The van der Waals surface area contributed by atoms with Crippen LogP contribution in [0.3, 0.4) is 0 Å². The third-order valence-corrected chi connectivity index (χ3v) is 4.50. The molecule has 25 heavy (non-hydrogen) atoms. The summed E-state index contributed by atoms with van der Waals surface area (Å²) in [6, 6.07) is 5.63. The molecule has 2 unspecified atom stereocenters. The van der Waals surface area contributed by atoms with Gasteiger partial charge in [-0.05, 0) is 43.9 Å². The van der Waals surface area contributed by atoms with Gasteiger partial charge in [0.2, 0.25) is 5.91 Å². The van der Waals surface area contributed by atoms with Gasteiger partial charge in [0.05, 0.1) is 10.6 Å². The van der Waals surface area contributed by atoms with Crippen molar-refractivity contribution in [3.63, 3.8) is 0 Å². The van der Waals surface area contributed by atoms with Crippen molar-refractivity contribution in [3.8, 4) is 0 Å². The van der Waals surface area contributed by atoms with E-state index in [1.54, 1.807) is 43.0 Å². The van der Waals surface area contributed by atoms with Gasteiger partial charge in [-0.3, -0.25) is 14.4 Å². The summed E-state index contributed by atoms with van der Waals surface area (Å²) in [5, 5.41) is 14.5. The number of carboxylic acid groups (broad SMARTS) is 1. The second-order valence-corrected chi connectivity index (χ2v) is 7.02. The maximum atomic E-state index is 12.4. The molecule has 3 N–H and O–H groups in total. The molecule has 0 heterocycles. The van der Waals surface area contributed by atoms with Gasteiger partial charge in [0, 0.05) is 12.5 Å². The first kappa shape index (κ1) is 21.3. The Labute approximate surface area is 156 Å². The van der Waals surface area contributed by atoms with Crippen LogP contribution in [0, 0.1) is 0 Å². The molecule has 0 radical (unpaired) electrons. The molecule has 0 aliphatic heterocycles. The minimum absolute atomic E-state index is 0.0249. The molecule has 0 aliphatic carbocycles. The highest BCUT2D eigenvalue weighted by Crippen LogP contribution is 2.15. The molecule has 0 spiro atoms. The summed E-state index contributed by atoms with van der Waals surface area (Å²) >= 11 is 7.59. The van der Waals surface area contributed by atoms with Crippen molar-refractivity contribution in [2.24, 2.45) is 0 Å². The van der Waals surface area contributed by atoms with E-state index >= 15 is 0 Å². The molecular formula is C17H23ClN2O4S. The number of carbonyl (C=O) groups is 3. The lowest BCUT2D eigenvalue weighted by Crippen LogP contribution is -2.49. The van der Waals surface area contributed by atoms with Crippen molar-refractivity contribution in [2.75, 3.05) is 12.0 Å². The Kier molecular flexibility index (Phi) is 9.37. The van der Waals surface area contributed by atoms with Crippen LogP contribution in [0.4, 0.5) is 0 Å². The molecule has 6 nitrogen and oxygen atoms in total. The highest BCUT2D eigenvalue weighted by atomic mass is 35.5. The summed E-state index contributed by atoms with van der Waals surface area (Å²) in [4.78, 5) is 35.4. The summed E-state index contributed by atoms with van der Waals surface area (Å²) in [7, 11) is 0. The highest BCUT2D eigenvalue weighted by Gasteiger charge is 2.23. The Morgan fingerprint density at radius 1 is 1.20 bits per heavy atom. The molecule has 0 fully saturated rings. The average molecular weight is 387 g/mol. The molecule has 138 valence electrons. The number of carbonyl (C=O) groups excluding carboxylic acids is 2. The minimum Gasteiger partial charge on any atom is -0.481 e. The van der Waals surface area contributed by atoms with E-state index in [2.05, 4.69) is 10.6 Å². The van der Waals surface area contributed by atoms with Crippen molar-refractivity contribution in [3.05, 3.63) is 34.9 Å². The molecule has 0 aliphatic rings. The quantitative estimate of drug-likeness (QED) is 0.574. The predicted molar refractivity (Wildman–Crippen MR) is 100 cm³/mol. The molecule has 2 amide bonds. The first-order chi connectivity index (χ1) is 11.8. The van der Waals surface area contributed by atoms with Gasteiger partial charge in [-0.15, -0.1) is 0 Å². The van der Waals surface area contributed by atoms with Crippen LogP contribution in [-0.2, 0) is 9.59 Å². The van der Waals surface area contributed by atoms with Crippen molar-refractivity contribution in [1.29, 1.82) is 0 Å². The number of nitrogens with one attached hydrogen (secondary N) is 2. The number of amides is 2. The lowest BCUT2D eigenvalue weighted by Gasteiger charge is -2.21. The van der Waals surface area contributed by atoms with Crippen LogP contribution in [0.15, 0.2) is 24.3 Å². The molecule has 0 saturated carbocycles. The molecule has 0 bridgehead atoms. The third kappa shape index (κ3) is 7.79. The lowest BCUT2D eigenvalue weighted by atomic mass is 10.1. The predicted octanol–water partition coefficient (Wildman–Crippen LogP) is 2.56. The van der Waals surface area contributed by atoms with E-state index in [-0.39, 0.29) is 18.4 Å². The number of halogens is 1. The van der Waals surface area contributed by atoms with Crippen LogP contribution >= 0.6 is 23.4 Å². The zero-order chi connectivity index (χ0) is 18.8. The fraction of sp³-hybridized carbons (Fsp3) is 0.471. The first-order valence-corrected chi connectivity index (χ1v) is 9.68. The van der Waals surface area contributed by atoms with E-state index in [0.29, 0.717) is 29.2 Å². The molecule has 0 saturated heterocycles. The smallest absolute Gasteiger partial charge is 0.303 e. The van der Waals surface area contributed by atoms with Gasteiger partial charge in [-0.25, -0.2) is 0 Å². The van der Waals surface area contributed by atoms with E-state index in [9.17, 15) is 14.4 Å². The zero-order valence-electron chi connectivity index (χ0n) is 14.3. The topological polar surface area (TPSA) is 95.5 Å². The second-order valence-electron chi connectivity index (χ2n) is 5.63. The Bertz CT molecular complexity index is 612. The van der Waals surface area contributed by atoms with E-state index < -0.39 is 17.9 Å². The van der Waals surface area contributed by atoms with Crippen LogP contribution in [-0.4, -0.2) is 47.0 Å². The van der Waals surface area contributed by atoms with Crippen molar-refractivity contribution in [2.45, 2.75) is 38.3 Å². The lowest BCUT2D eigenvalue weighted by molar-refractivity contribution is -0.137. The van der Waals surface area contributed by atoms with E-state index in [1.807, 2.05) is 6.26 Å². The maximum Gasteiger partial charge on any atom is 0.303 e. The standard InChI is InChI=1S/C17H23ClN2O4S/c1-11(7-8-15(21)22)19-17(24)14(9-10-25-2)20-16(23)12-5-3-4-6-13(12)18/h3-6,11,14H,7-10H2,1-2H3,(H,19,24)(H,20,23)(H,21,22). The van der Waals surface area contributed by atoms with Crippen LogP contribution in [0.2, 0.25) is 5.02 Å². The van der Waals surface area contributed by atoms with Gasteiger partial charge in [-0.2, -0.15) is 11.8 Å². The molecule has 1 rings (SSSR count). The Hall–Kier alpha value is -1.73. The average Bonchev–Trinajstić information content (AvgIpc) is 2.56. The third-order valence-electron chi connectivity index (χ3n) is 3.53. The van der Waals surface area contributed by atoms with Gasteiger partial charge < -0.3 is 15.7 Å². The van der Waals surface area contributed by atoms with E-state index in [0.717, 1.165) is 0 Å². The second kappa shape index (κ2) is 11.0. The largest absolute Gasteiger partial charge is 0.481 e. The number of hydrogen-bond acceptors (Lipinski definition) is 4. The summed E-state index contributed by atoms with van der Waals surface area (Å²) < 4.78 is 0. The minimum atomic E-state index is -0.910. The van der Waals surface area contributed by atoms with Crippen LogP contribution in [0.25, 0.3) is 0 Å². The number of rotatable bonds is 10. The van der Waals surface area contributed by atoms with Crippen molar-refractivity contribution in [1.82, 2.24) is 10.6 Å². The van der Waals surface area contributed by atoms with Crippen LogP contribution in [0.1, 0.15) is 36.5 Å².